The molecule has 2 heterocycles. The molecule has 0 radical (unpaired) electrons. The molecule has 1 amide bonds. The van der Waals surface area contributed by atoms with Crippen LogP contribution in [0.25, 0.3) is 10.2 Å². The summed E-state index contributed by atoms with van der Waals surface area (Å²) in [7, 11) is -1.94. The quantitative estimate of drug-likeness (QED) is 0.481. The average molecular weight is 482 g/mol. The van der Waals surface area contributed by atoms with Crippen molar-refractivity contribution in [3.63, 3.8) is 0 Å². The maximum absolute atomic E-state index is 12.9. The van der Waals surface area contributed by atoms with E-state index in [2.05, 4.69) is 9.71 Å². The zero-order valence-electron chi connectivity index (χ0n) is 17.5. The SMILES string of the molecule is Cn1c(=NC(=O)c2cccc(NS(=O)(=O)c3ccccc3)c2)sc2cc3c(cc21)OCCO3. The number of aryl methyl sites for hydroxylation is 1. The van der Waals surface area contributed by atoms with Crippen molar-refractivity contribution in [2.24, 2.45) is 12.0 Å². The molecule has 0 aliphatic carbocycles. The van der Waals surface area contributed by atoms with Gasteiger partial charge in [0, 0.05) is 30.4 Å². The van der Waals surface area contributed by atoms with E-state index in [9.17, 15) is 13.2 Å². The van der Waals surface area contributed by atoms with Crippen LogP contribution in [0.4, 0.5) is 5.69 Å². The Morgan fingerprint density at radius 1 is 1.00 bits per heavy atom. The summed E-state index contributed by atoms with van der Waals surface area (Å²) < 4.78 is 41.7. The van der Waals surface area contributed by atoms with Gasteiger partial charge < -0.3 is 14.0 Å². The smallest absolute Gasteiger partial charge is 0.279 e. The van der Waals surface area contributed by atoms with Gasteiger partial charge in [0.2, 0.25) is 0 Å². The monoisotopic (exact) mass is 481 g/mol. The molecule has 0 fully saturated rings. The van der Waals surface area contributed by atoms with E-state index < -0.39 is 15.9 Å². The van der Waals surface area contributed by atoms with Crippen molar-refractivity contribution in [2.75, 3.05) is 17.9 Å². The Morgan fingerprint density at radius 2 is 1.73 bits per heavy atom. The van der Waals surface area contributed by atoms with E-state index in [0.717, 1.165) is 10.2 Å². The highest BCUT2D eigenvalue weighted by atomic mass is 32.2. The summed E-state index contributed by atoms with van der Waals surface area (Å²) in [5.74, 6) is 0.862. The normalized spacial score (nSPS) is 13.8. The number of aromatic nitrogens is 1. The van der Waals surface area contributed by atoms with E-state index in [0.29, 0.717) is 29.5 Å². The second-order valence-electron chi connectivity index (χ2n) is 7.32. The second kappa shape index (κ2) is 8.38. The summed E-state index contributed by atoms with van der Waals surface area (Å²) in [4.78, 5) is 17.8. The van der Waals surface area contributed by atoms with Crippen LogP contribution in [0, 0.1) is 0 Å². The molecule has 0 saturated carbocycles. The fourth-order valence-electron chi connectivity index (χ4n) is 3.45. The molecule has 0 atom stereocenters. The van der Waals surface area contributed by atoms with Crippen molar-refractivity contribution in [1.29, 1.82) is 0 Å². The highest BCUT2D eigenvalue weighted by Crippen LogP contribution is 2.35. The Balaban J connectivity index is 1.46. The average Bonchev–Trinajstić information content (AvgIpc) is 3.12. The van der Waals surface area contributed by atoms with Gasteiger partial charge in [-0.15, -0.1) is 0 Å². The Bertz CT molecular complexity index is 1540. The molecule has 0 bridgehead atoms. The molecule has 1 N–H and O–H groups in total. The molecule has 0 saturated heterocycles. The minimum absolute atomic E-state index is 0.138. The van der Waals surface area contributed by atoms with E-state index in [1.807, 2.05) is 23.7 Å². The van der Waals surface area contributed by atoms with Crippen LogP contribution in [-0.4, -0.2) is 32.1 Å². The van der Waals surface area contributed by atoms with Crippen molar-refractivity contribution < 1.29 is 22.7 Å². The first-order chi connectivity index (χ1) is 15.9. The lowest BCUT2D eigenvalue weighted by Gasteiger charge is -2.18. The van der Waals surface area contributed by atoms with Gasteiger partial charge in [-0.1, -0.05) is 35.6 Å². The number of amides is 1. The van der Waals surface area contributed by atoms with Crippen molar-refractivity contribution >= 4 is 43.2 Å². The van der Waals surface area contributed by atoms with Crippen molar-refractivity contribution in [3.8, 4) is 11.5 Å². The highest BCUT2D eigenvalue weighted by molar-refractivity contribution is 7.92. The Labute approximate surface area is 193 Å². The summed E-state index contributed by atoms with van der Waals surface area (Å²) >= 11 is 1.36. The number of fused-ring (bicyclic) bond motifs is 2. The summed E-state index contributed by atoms with van der Waals surface area (Å²) in [5, 5.41) is 0. The van der Waals surface area contributed by atoms with Crippen LogP contribution < -0.4 is 19.0 Å². The lowest BCUT2D eigenvalue weighted by Crippen LogP contribution is -2.16. The van der Waals surface area contributed by atoms with Gasteiger partial charge in [-0.2, -0.15) is 4.99 Å². The molecular weight excluding hydrogens is 462 g/mol. The summed E-state index contributed by atoms with van der Waals surface area (Å²) in [6, 6.07) is 18.1. The van der Waals surface area contributed by atoms with Gasteiger partial charge in [0.25, 0.3) is 15.9 Å². The lowest BCUT2D eigenvalue weighted by atomic mass is 10.2. The maximum Gasteiger partial charge on any atom is 0.279 e. The third-order valence-corrected chi connectivity index (χ3v) is 7.58. The van der Waals surface area contributed by atoms with Crippen LogP contribution >= 0.6 is 11.3 Å². The van der Waals surface area contributed by atoms with Crippen molar-refractivity contribution in [3.05, 3.63) is 77.1 Å². The van der Waals surface area contributed by atoms with E-state index in [1.54, 1.807) is 36.4 Å². The molecule has 4 aromatic rings. The molecule has 168 valence electrons. The number of carbonyl (C=O) groups is 1. The Kier molecular flexibility index (Phi) is 5.39. The van der Waals surface area contributed by atoms with Crippen LogP contribution in [0.1, 0.15) is 10.4 Å². The molecule has 1 aliphatic rings. The third-order valence-electron chi connectivity index (χ3n) is 5.09. The number of hydrogen-bond acceptors (Lipinski definition) is 6. The predicted molar refractivity (Wildman–Crippen MR) is 125 cm³/mol. The molecule has 3 aromatic carbocycles. The number of sulfonamides is 1. The largest absolute Gasteiger partial charge is 0.486 e. The lowest BCUT2D eigenvalue weighted by molar-refractivity contribution is 0.0998. The molecule has 5 rings (SSSR count). The fourth-order valence-corrected chi connectivity index (χ4v) is 5.55. The summed E-state index contributed by atoms with van der Waals surface area (Å²) in [6.07, 6.45) is 0. The van der Waals surface area contributed by atoms with Crippen LogP contribution in [0.3, 0.4) is 0 Å². The number of rotatable bonds is 4. The van der Waals surface area contributed by atoms with Gasteiger partial charge in [-0.25, -0.2) is 8.42 Å². The first-order valence-corrected chi connectivity index (χ1v) is 12.4. The Morgan fingerprint density at radius 3 is 2.48 bits per heavy atom. The highest BCUT2D eigenvalue weighted by Gasteiger charge is 2.17. The third kappa shape index (κ3) is 4.22. The number of anilines is 1. The van der Waals surface area contributed by atoms with Crippen LogP contribution in [0.5, 0.6) is 11.5 Å². The van der Waals surface area contributed by atoms with Crippen molar-refractivity contribution in [1.82, 2.24) is 4.57 Å². The number of hydrogen-bond donors (Lipinski definition) is 1. The van der Waals surface area contributed by atoms with Gasteiger partial charge in [-0.3, -0.25) is 9.52 Å². The molecule has 33 heavy (non-hydrogen) atoms. The minimum atomic E-state index is -3.76. The van der Waals surface area contributed by atoms with Gasteiger partial charge in [-0.05, 0) is 30.3 Å². The van der Waals surface area contributed by atoms with Crippen molar-refractivity contribution in [2.45, 2.75) is 4.90 Å². The topological polar surface area (TPSA) is 99.0 Å². The van der Waals surface area contributed by atoms with Gasteiger partial charge in [0.15, 0.2) is 16.3 Å². The molecule has 0 unspecified atom stereocenters. The number of nitrogens with zero attached hydrogens (tertiary/aromatic N) is 2. The molecular formula is C23H19N3O5S2. The second-order valence-corrected chi connectivity index (χ2v) is 10.0. The minimum Gasteiger partial charge on any atom is -0.486 e. The standard InChI is InChI=1S/C23H19N3O5S2/c1-26-18-13-19-20(31-11-10-30-19)14-21(18)32-23(26)24-22(27)15-6-5-7-16(12-15)25-33(28,29)17-8-3-2-4-9-17/h2-9,12-14,25H,10-11H2,1H3. The predicted octanol–water partition coefficient (Wildman–Crippen LogP) is 3.55. The molecule has 8 nitrogen and oxygen atoms in total. The first-order valence-electron chi connectivity index (χ1n) is 10.1. The van der Waals surface area contributed by atoms with E-state index in [-0.39, 0.29) is 16.1 Å². The molecule has 1 aliphatic heterocycles. The fraction of sp³-hybridized carbons (Fsp3) is 0.130. The number of thiazole rings is 1. The molecule has 10 heteroatoms. The first kappa shape index (κ1) is 21.2. The molecule has 1 aromatic heterocycles. The van der Waals surface area contributed by atoms with Crippen LogP contribution in [-0.2, 0) is 17.1 Å². The zero-order chi connectivity index (χ0) is 23.0. The maximum atomic E-state index is 12.9. The van der Waals surface area contributed by atoms with Gasteiger partial charge in [0.05, 0.1) is 15.1 Å². The van der Waals surface area contributed by atoms with Crippen LogP contribution in [0.15, 0.2) is 76.6 Å². The van der Waals surface area contributed by atoms with Gasteiger partial charge in [0.1, 0.15) is 13.2 Å². The van der Waals surface area contributed by atoms with Crippen LogP contribution in [0.2, 0.25) is 0 Å². The van der Waals surface area contributed by atoms with E-state index in [4.69, 9.17) is 9.47 Å². The number of nitrogens with one attached hydrogen (secondary N) is 1. The number of ether oxygens (including phenoxy) is 2. The summed E-state index contributed by atoms with van der Waals surface area (Å²) in [5.41, 5.74) is 1.43. The van der Waals surface area contributed by atoms with E-state index in [1.165, 1.54) is 29.5 Å². The summed E-state index contributed by atoms with van der Waals surface area (Å²) in [6.45, 7) is 0.989. The van der Waals surface area contributed by atoms with Gasteiger partial charge >= 0.3 is 0 Å². The molecule has 0 spiro atoms. The van der Waals surface area contributed by atoms with E-state index >= 15 is 0 Å². The zero-order valence-corrected chi connectivity index (χ0v) is 19.2. The Hall–Kier alpha value is -3.63. The number of benzene rings is 3. The number of carbonyl (C=O) groups excluding carboxylic acids is 1.